The Hall–Kier alpha value is -1.89. The van der Waals surface area contributed by atoms with Gasteiger partial charge in [-0.15, -0.1) is 0 Å². The number of rotatable bonds is 4. The molecule has 1 amide bonds. The van der Waals surface area contributed by atoms with Gasteiger partial charge in [-0.1, -0.05) is 29.3 Å². The lowest BCUT2D eigenvalue weighted by molar-refractivity contribution is 0.0958. The molecule has 0 bridgehead atoms. The molecule has 0 aliphatic carbocycles. The van der Waals surface area contributed by atoms with Crippen molar-refractivity contribution < 1.29 is 9.18 Å². The largest absolute Gasteiger partial charge is 0.358 e. The lowest BCUT2D eigenvalue weighted by Crippen LogP contribution is -2.19. The van der Waals surface area contributed by atoms with Crippen LogP contribution in [0.25, 0.3) is 10.9 Å². The molecule has 8 heteroatoms. The number of amides is 1. The van der Waals surface area contributed by atoms with Crippen LogP contribution in [0.5, 0.6) is 0 Å². The molecule has 4 nitrogen and oxygen atoms in total. The number of carbonyl (C=O) groups excluding carboxylic acids is 1. The molecule has 0 unspecified atom stereocenters. The van der Waals surface area contributed by atoms with Gasteiger partial charge in [0.1, 0.15) is 0 Å². The van der Waals surface area contributed by atoms with Gasteiger partial charge in [0.2, 0.25) is 0 Å². The molecule has 3 aromatic rings. The maximum Gasteiger partial charge on any atom is 0.254 e. The first kappa shape index (κ1) is 17.0. The van der Waals surface area contributed by atoms with Gasteiger partial charge in [-0.25, -0.2) is 4.39 Å². The maximum absolute atomic E-state index is 14.4. The fourth-order valence-electron chi connectivity index (χ4n) is 2.26. The first-order chi connectivity index (χ1) is 11.5. The Balaban J connectivity index is 1.90. The van der Waals surface area contributed by atoms with E-state index in [1.54, 1.807) is 30.5 Å². The highest BCUT2D eigenvalue weighted by atomic mass is 35.5. The van der Waals surface area contributed by atoms with Crippen LogP contribution in [-0.2, 0) is 0 Å². The van der Waals surface area contributed by atoms with Gasteiger partial charge in [0.05, 0.1) is 31.7 Å². The third-order valence-corrected chi connectivity index (χ3v) is 4.91. The van der Waals surface area contributed by atoms with Gasteiger partial charge in [0.25, 0.3) is 5.91 Å². The molecule has 3 N–H and O–H groups in total. The van der Waals surface area contributed by atoms with E-state index in [9.17, 15) is 9.18 Å². The predicted octanol–water partition coefficient (Wildman–Crippen LogP) is 5.09. The Morgan fingerprint density at radius 2 is 2.00 bits per heavy atom. The van der Waals surface area contributed by atoms with E-state index >= 15 is 0 Å². The molecule has 0 spiro atoms. The zero-order valence-electron chi connectivity index (χ0n) is 12.4. The number of benzene rings is 2. The smallest absolute Gasteiger partial charge is 0.254 e. The van der Waals surface area contributed by atoms with Gasteiger partial charge in [0.15, 0.2) is 5.82 Å². The first-order valence-electron chi connectivity index (χ1n) is 6.91. The maximum atomic E-state index is 14.4. The summed E-state index contributed by atoms with van der Waals surface area (Å²) in [6.07, 6.45) is 1.64. The summed E-state index contributed by atoms with van der Waals surface area (Å²) >= 11 is 13.3. The van der Waals surface area contributed by atoms with Crippen molar-refractivity contribution in [3.8, 4) is 0 Å². The number of fused-ring (bicyclic) bond motifs is 1. The highest BCUT2D eigenvalue weighted by Crippen LogP contribution is 2.36. The number of halogens is 3. The molecule has 0 saturated carbocycles. The summed E-state index contributed by atoms with van der Waals surface area (Å²) in [5.41, 5.74) is 1.42. The molecule has 0 radical (unpaired) electrons. The Labute approximate surface area is 151 Å². The molecule has 0 fully saturated rings. The minimum atomic E-state index is -0.580. The van der Waals surface area contributed by atoms with E-state index in [0.29, 0.717) is 26.0 Å². The Bertz CT molecular complexity index is 929. The normalized spacial score (nSPS) is 10.8. The van der Waals surface area contributed by atoms with Crippen LogP contribution in [0.3, 0.4) is 0 Å². The van der Waals surface area contributed by atoms with Crippen molar-refractivity contribution in [1.82, 2.24) is 10.3 Å². The van der Waals surface area contributed by atoms with Crippen LogP contribution in [-0.4, -0.2) is 17.9 Å². The Morgan fingerprint density at radius 3 is 2.75 bits per heavy atom. The van der Waals surface area contributed by atoms with Crippen LogP contribution >= 0.6 is 35.1 Å². The van der Waals surface area contributed by atoms with Crippen LogP contribution in [0.15, 0.2) is 41.4 Å². The van der Waals surface area contributed by atoms with E-state index in [2.05, 4.69) is 15.0 Å². The number of nitrogens with one attached hydrogen (secondary N) is 3. The molecule has 0 aliphatic rings. The number of anilines is 1. The van der Waals surface area contributed by atoms with Crippen LogP contribution in [0.2, 0.25) is 10.0 Å². The van der Waals surface area contributed by atoms with Crippen molar-refractivity contribution in [2.75, 3.05) is 11.8 Å². The third kappa shape index (κ3) is 3.05. The molecule has 24 heavy (non-hydrogen) atoms. The fraction of sp³-hybridized carbons (Fsp3) is 0.0625. The van der Waals surface area contributed by atoms with E-state index in [1.165, 1.54) is 13.1 Å². The van der Waals surface area contributed by atoms with E-state index < -0.39 is 11.7 Å². The topological polar surface area (TPSA) is 56.9 Å². The zero-order valence-corrected chi connectivity index (χ0v) is 14.7. The van der Waals surface area contributed by atoms with Gasteiger partial charge in [-0.2, -0.15) is 0 Å². The Kier molecular flexibility index (Phi) is 4.89. The average Bonchev–Trinajstić information content (AvgIpc) is 2.98. The summed E-state index contributed by atoms with van der Waals surface area (Å²) < 4.78 is 17.5. The third-order valence-electron chi connectivity index (χ3n) is 3.44. The van der Waals surface area contributed by atoms with Gasteiger partial charge in [-0.05, 0) is 36.2 Å². The monoisotopic (exact) mass is 383 g/mol. The second-order valence-corrected chi connectivity index (χ2v) is 6.54. The number of carbonyl (C=O) groups is 1. The van der Waals surface area contributed by atoms with Crippen molar-refractivity contribution >= 4 is 57.6 Å². The quantitative estimate of drug-likeness (QED) is 0.549. The van der Waals surface area contributed by atoms with Crippen molar-refractivity contribution in [1.29, 1.82) is 0 Å². The van der Waals surface area contributed by atoms with Crippen LogP contribution in [0.4, 0.5) is 10.1 Å². The Morgan fingerprint density at radius 1 is 1.21 bits per heavy atom. The van der Waals surface area contributed by atoms with Crippen molar-refractivity contribution in [2.45, 2.75) is 4.90 Å². The van der Waals surface area contributed by atoms with Gasteiger partial charge in [-0.3, -0.25) is 4.79 Å². The number of aromatic nitrogens is 1. The molecule has 2 aromatic carbocycles. The molecule has 0 atom stereocenters. The molecule has 0 aliphatic heterocycles. The van der Waals surface area contributed by atoms with Crippen LogP contribution < -0.4 is 10.0 Å². The highest BCUT2D eigenvalue weighted by molar-refractivity contribution is 8.00. The molecular weight excluding hydrogens is 372 g/mol. The number of hydrogen-bond donors (Lipinski definition) is 3. The van der Waals surface area contributed by atoms with Crippen LogP contribution in [0, 0.1) is 5.82 Å². The summed E-state index contributed by atoms with van der Waals surface area (Å²) in [4.78, 5) is 15.0. The number of hydrogen-bond acceptors (Lipinski definition) is 3. The van der Waals surface area contributed by atoms with E-state index in [-0.39, 0.29) is 5.56 Å². The van der Waals surface area contributed by atoms with Crippen molar-refractivity contribution in [2.24, 2.45) is 0 Å². The molecule has 1 aromatic heterocycles. The van der Waals surface area contributed by atoms with Gasteiger partial charge >= 0.3 is 0 Å². The fourth-order valence-corrected chi connectivity index (χ4v) is 3.56. The van der Waals surface area contributed by atoms with Gasteiger partial charge < -0.3 is 15.0 Å². The first-order valence-corrected chi connectivity index (χ1v) is 8.48. The molecule has 3 rings (SSSR count). The van der Waals surface area contributed by atoms with Crippen molar-refractivity contribution in [3.05, 3.63) is 58.0 Å². The zero-order chi connectivity index (χ0) is 17.3. The number of aromatic amines is 1. The highest BCUT2D eigenvalue weighted by Gasteiger charge is 2.15. The predicted molar refractivity (Wildman–Crippen MR) is 97.6 cm³/mol. The SMILES string of the molecule is CNC(=O)c1cccc(SNc2ccc(Cl)c3c(Cl)c[nH]c23)c1F. The van der Waals surface area contributed by atoms with Gasteiger partial charge in [0, 0.05) is 18.6 Å². The second kappa shape index (κ2) is 6.93. The van der Waals surface area contributed by atoms with E-state index in [4.69, 9.17) is 23.2 Å². The summed E-state index contributed by atoms with van der Waals surface area (Å²) in [5, 5.41) is 4.15. The molecule has 0 saturated heterocycles. The van der Waals surface area contributed by atoms with E-state index in [0.717, 1.165) is 17.5 Å². The van der Waals surface area contributed by atoms with Crippen LogP contribution in [0.1, 0.15) is 10.4 Å². The summed E-state index contributed by atoms with van der Waals surface area (Å²) in [6.45, 7) is 0. The summed E-state index contributed by atoms with van der Waals surface area (Å²) in [5.74, 6) is -1.05. The minimum Gasteiger partial charge on any atom is -0.358 e. The minimum absolute atomic E-state index is 0.00605. The lowest BCUT2D eigenvalue weighted by atomic mass is 10.2. The molecule has 1 heterocycles. The average molecular weight is 384 g/mol. The standard InChI is InChI=1S/C16H12Cl2FN3OS/c1-20-16(23)8-3-2-4-12(14(8)19)24-22-11-6-5-9(17)13-10(18)7-21-15(11)13/h2-7,21-22H,1H3,(H,20,23). The second-order valence-electron chi connectivity index (χ2n) is 4.88. The molecular formula is C16H12Cl2FN3OS. The summed E-state index contributed by atoms with van der Waals surface area (Å²) in [6, 6.07) is 8.13. The lowest BCUT2D eigenvalue weighted by Gasteiger charge is -2.10. The summed E-state index contributed by atoms with van der Waals surface area (Å²) in [7, 11) is 1.46. The van der Waals surface area contributed by atoms with E-state index in [1.807, 2.05) is 0 Å². The number of H-pyrrole nitrogens is 1. The van der Waals surface area contributed by atoms with Crippen molar-refractivity contribution in [3.63, 3.8) is 0 Å². The molecule has 124 valence electrons.